The Morgan fingerprint density at radius 3 is 2.27 bits per heavy atom. The average Bonchev–Trinajstić information content (AvgIpc) is 2.29. The highest BCUT2D eigenvalue weighted by Gasteiger charge is 2.11. The molecule has 15 heavy (non-hydrogen) atoms. The molecule has 0 saturated carbocycles. The van der Waals surface area contributed by atoms with Crippen LogP contribution in [0.1, 0.15) is 18.4 Å². The molecule has 82 valence electrons. The minimum Gasteiger partial charge on any atom is -0.481 e. The Kier molecular flexibility index (Phi) is 6.93. The molecule has 1 aromatic rings. The molecule has 1 rings (SSSR count). The van der Waals surface area contributed by atoms with Crippen molar-refractivity contribution in [1.82, 2.24) is 0 Å². The molecule has 3 nitrogen and oxygen atoms in total. The minimum atomic E-state index is -0.781. The lowest BCUT2D eigenvalue weighted by atomic mass is 10.0. The number of carboxylic acids is 1. The van der Waals surface area contributed by atoms with Crippen LogP contribution in [0.25, 0.3) is 0 Å². The fourth-order valence-corrected chi connectivity index (χ4v) is 0.884. The molecular weight excluding hydrogens is 192 g/mol. The summed E-state index contributed by atoms with van der Waals surface area (Å²) in [4.78, 5) is 10.5. The number of benzene rings is 1. The lowest BCUT2D eigenvalue weighted by Crippen LogP contribution is -2.06. The van der Waals surface area contributed by atoms with Crippen molar-refractivity contribution >= 4 is 5.97 Å². The molecule has 2 N–H and O–H groups in total. The van der Waals surface area contributed by atoms with Crippen molar-refractivity contribution in [2.24, 2.45) is 0 Å². The van der Waals surface area contributed by atoms with E-state index < -0.39 is 11.9 Å². The van der Waals surface area contributed by atoms with Gasteiger partial charge in [-0.15, -0.1) is 6.58 Å². The third-order valence-corrected chi connectivity index (χ3v) is 1.80. The summed E-state index contributed by atoms with van der Waals surface area (Å²) in [5, 5.41) is 16.4. The summed E-state index contributed by atoms with van der Waals surface area (Å²) in [5.41, 5.74) is 0.847. The second kappa shape index (κ2) is 7.76. The normalized spacial score (nSPS) is 10.8. The summed E-state index contributed by atoms with van der Waals surface area (Å²) in [6, 6.07) is 9.19. The third-order valence-electron chi connectivity index (χ3n) is 1.80. The molecule has 0 heterocycles. The van der Waals surface area contributed by atoms with Crippen LogP contribution < -0.4 is 0 Å². The zero-order chi connectivity index (χ0) is 11.7. The van der Waals surface area contributed by atoms with Gasteiger partial charge in [0.15, 0.2) is 0 Å². The van der Waals surface area contributed by atoms with Gasteiger partial charge in [-0.25, -0.2) is 0 Å². The zero-order valence-electron chi connectivity index (χ0n) is 8.76. The predicted molar refractivity (Wildman–Crippen MR) is 59.8 cm³/mol. The second-order valence-corrected chi connectivity index (χ2v) is 2.94. The lowest BCUT2D eigenvalue weighted by Gasteiger charge is -2.04. The summed E-state index contributed by atoms with van der Waals surface area (Å²) >= 11 is 0. The third kappa shape index (κ3) is 5.65. The van der Waals surface area contributed by atoms with Gasteiger partial charge in [-0.2, -0.15) is 0 Å². The molecule has 0 saturated heterocycles. The number of aliphatic hydroxyl groups is 1. The van der Waals surface area contributed by atoms with E-state index in [2.05, 4.69) is 6.58 Å². The molecular formula is C12H16O3. The Morgan fingerprint density at radius 1 is 1.47 bits per heavy atom. The number of rotatable bonds is 3. The minimum absolute atomic E-state index is 0.0833. The number of aliphatic hydroxyl groups excluding tert-OH is 1. The quantitative estimate of drug-likeness (QED) is 0.747. The Hall–Kier alpha value is -1.61. The summed E-state index contributed by atoms with van der Waals surface area (Å²) in [7, 11) is 0. The molecule has 0 bridgehead atoms. The first kappa shape index (κ1) is 13.4. The second-order valence-electron chi connectivity index (χ2n) is 2.94. The zero-order valence-corrected chi connectivity index (χ0v) is 8.76. The van der Waals surface area contributed by atoms with Crippen LogP contribution in [-0.2, 0) is 4.79 Å². The van der Waals surface area contributed by atoms with Crippen molar-refractivity contribution in [3.8, 4) is 0 Å². The molecule has 0 aliphatic heterocycles. The van der Waals surface area contributed by atoms with Crippen LogP contribution in [0.5, 0.6) is 0 Å². The highest BCUT2D eigenvalue weighted by atomic mass is 16.4. The number of aliphatic carboxylic acids is 1. The van der Waals surface area contributed by atoms with Gasteiger partial charge in [0.2, 0.25) is 0 Å². The summed E-state index contributed by atoms with van der Waals surface area (Å²) in [6.45, 7) is 4.99. The molecule has 0 aliphatic carbocycles. The molecule has 0 aromatic heterocycles. The number of carboxylic acid groups (broad SMARTS) is 1. The maximum Gasteiger partial charge on any atom is 0.310 e. The van der Waals surface area contributed by atoms with Gasteiger partial charge in [-0.05, 0) is 12.5 Å². The Balaban J connectivity index is 0.000000423. The van der Waals surface area contributed by atoms with Gasteiger partial charge in [0, 0.05) is 0 Å². The van der Waals surface area contributed by atoms with Gasteiger partial charge in [-0.3, -0.25) is 4.79 Å². The topological polar surface area (TPSA) is 57.5 Å². The Labute approximate surface area is 89.7 Å². The molecule has 1 aromatic carbocycles. The van der Waals surface area contributed by atoms with Gasteiger partial charge in [0.25, 0.3) is 0 Å². The standard InChI is InChI=1S/C9H10O2.C3H6O/c1-7(9(10)11)8-5-3-2-4-6-8;1-2-3-4/h2-7H,1H3,(H,10,11);2,4H,1,3H2. The van der Waals surface area contributed by atoms with Gasteiger partial charge in [-0.1, -0.05) is 36.4 Å². The van der Waals surface area contributed by atoms with Crippen LogP contribution in [0.15, 0.2) is 43.0 Å². The maximum atomic E-state index is 10.5. The van der Waals surface area contributed by atoms with E-state index in [4.69, 9.17) is 10.2 Å². The summed E-state index contributed by atoms with van der Waals surface area (Å²) < 4.78 is 0. The van der Waals surface area contributed by atoms with E-state index in [0.717, 1.165) is 5.56 Å². The van der Waals surface area contributed by atoms with E-state index in [1.54, 1.807) is 6.92 Å². The van der Waals surface area contributed by atoms with E-state index in [0.29, 0.717) is 0 Å². The highest BCUT2D eigenvalue weighted by Crippen LogP contribution is 2.13. The van der Waals surface area contributed by atoms with E-state index in [-0.39, 0.29) is 6.61 Å². The first-order valence-electron chi connectivity index (χ1n) is 4.63. The van der Waals surface area contributed by atoms with Crippen molar-refractivity contribution in [2.75, 3.05) is 6.61 Å². The molecule has 0 spiro atoms. The van der Waals surface area contributed by atoms with Crippen LogP contribution in [0, 0.1) is 0 Å². The highest BCUT2D eigenvalue weighted by molar-refractivity contribution is 5.75. The van der Waals surface area contributed by atoms with Crippen LogP contribution in [0.2, 0.25) is 0 Å². The van der Waals surface area contributed by atoms with Crippen LogP contribution in [0.3, 0.4) is 0 Å². The van der Waals surface area contributed by atoms with Gasteiger partial charge < -0.3 is 10.2 Å². The molecule has 3 heteroatoms. The van der Waals surface area contributed by atoms with Gasteiger partial charge in [0.05, 0.1) is 12.5 Å². The number of carbonyl (C=O) groups is 1. The molecule has 0 amide bonds. The van der Waals surface area contributed by atoms with E-state index >= 15 is 0 Å². The number of hydrogen-bond acceptors (Lipinski definition) is 2. The largest absolute Gasteiger partial charge is 0.481 e. The predicted octanol–water partition coefficient (Wildman–Crippen LogP) is 2.04. The van der Waals surface area contributed by atoms with Crippen molar-refractivity contribution in [2.45, 2.75) is 12.8 Å². The van der Waals surface area contributed by atoms with Crippen molar-refractivity contribution < 1.29 is 15.0 Å². The fourth-order valence-electron chi connectivity index (χ4n) is 0.884. The molecule has 1 unspecified atom stereocenters. The summed E-state index contributed by atoms with van der Waals surface area (Å²) in [6.07, 6.45) is 1.43. The first-order valence-corrected chi connectivity index (χ1v) is 4.63. The van der Waals surface area contributed by atoms with E-state index in [1.165, 1.54) is 6.08 Å². The van der Waals surface area contributed by atoms with E-state index in [9.17, 15) is 4.79 Å². The van der Waals surface area contributed by atoms with Crippen LogP contribution in [-0.4, -0.2) is 22.8 Å². The first-order chi connectivity index (χ1) is 7.13. The Morgan fingerprint density at radius 2 is 1.93 bits per heavy atom. The maximum absolute atomic E-state index is 10.5. The molecule has 0 fully saturated rings. The van der Waals surface area contributed by atoms with Gasteiger partial charge >= 0.3 is 5.97 Å². The van der Waals surface area contributed by atoms with Crippen molar-refractivity contribution in [1.29, 1.82) is 0 Å². The number of hydrogen-bond donors (Lipinski definition) is 2. The van der Waals surface area contributed by atoms with E-state index in [1.807, 2.05) is 30.3 Å². The molecule has 1 atom stereocenters. The average molecular weight is 208 g/mol. The smallest absolute Gasteiger partial charge is 0.310 e. The fraction of sp³-hybridized carbons (Fsp3) is 0.250. The van der Waals surface area contributed by atoms with Crippen LogP contribution in [0.4, 0.5) is 0 Å². The summed E-state index contributed by atoms with van der Waals surface area (Å²) in [5.74, 6) is -1.19. The van der Waals surface area contributed by atoms with Crippen molar-refractivity contribution in [3.05, 3.63) is 48.6 Å². The van der Waals surface area contributed by atoms with Crippen molar-refractivity contribution in [3.63, 3.8) is 0 Å². The molecule has 0 radical (unpaired) electrons. The SMILES string of the molecule is C=CCO.CC(C(=O)O)c1ccccc1. The lowest BCUT2D eigenvalue weighted by molar-refractivity contribution is -0.138. The Bertz CT molecular complexity index is 293. The van der Waals surface area contributed by atoms with Crippen LogP contribution >= 0.6 is 0 Å². The van der Waals surface area contributed by atoms with Gasteiger partial charge in [0.1, 0.15) is 0 Å². The molecule has 0 aliphatic rings. The monoisotopic (exact) mass is 208 g/mol.